The molecule has 0 atom stereocenters. The van der Waals surface area contributed by atoms with E-state index in [9.17, 15) is 4.79 Å². The van der Waals surface area contributed by atoms with E-state index >= 15 is 0 Å². The lowest BCUT2D eigenvalue weighted by molar-refractivity contribution is 0.112. The zero-order chi connectivity index (χ0) is 14.5. The van der Waals surface area contributed by atoms with Gasteiger partial charge in [-0.2, -0.15) is 0 Å². The molecule has 0 aliphatic rings. The highest BCUT2D eigenvalue weighted by Gasteiger charge is 1.95. The number of hydrogen-bond acceptors (Lipinski definition) is 2. The second kappa shape index (κ2) is 11.7. The monoisotopic (exact) mass is 276 g/mol. The van der Waals surface area contributed by atoms with Crippen molar-refractivity contribution in [3.63, 3.8) is 0 Å². The molecule has 0 N–H and O–H groups in total. The molecule has 0 spiro atoms. The fourth-order valence-electron chi connectivity index (χ4n) is 2.22. The average Bonchev–Trinajstić information content (AvgIpc) is 2.50. The van der Waals surface area contributed by atoms with E-state index < -0.39 is 0 Å². The number of rotatable bonds is 12. The minimum absolute atomic E-state index is 0.648. The first-order valence-electron chi connectivity index (χ1n) is 7.98. The summed E-state index contributed by atoms with van der Waals surface area (Å²) in [4.78, 5) is 10.5. The molecule has 1 aromatic rings. The second-order valence-corrected chi connectivity index (χ2v) is 5.39. The number of hydrogen-bond donors (Lipinski definition) is 0. The third-order valence-electron chi connectivity index (χ3n) is 3.53. The van der Waals surface area contributed by atoms with Gasteiger partial charge in [0.15, 0.2) is 0 Å². The van der Waals surface area contributed by atoms with Crippen molar-refractivity contribution in [2.24, 2.45) is 0 Å². The van der Waals surface area contributed by atoms with Crippen molar-refractivity contribution in [3.8, 4) is 0 Å². The molecule has 2 heteroatoms. The molecule has 0 bridgehead atoms. The Labute approximate surface area is 123 Å². The van der Waals surface area contributed by atoms with Crippen LogP contribution in [-0.4, -0.2) is 12.9 Å². The molecular weight excluding hydrogens is 248 g/mol. The van der Waals surface area contributed by atoms with Gasteiger partial charge in [-0.1, -0.05) is 76.1 Å². The summed E-state index contributed by atoms with van der Waals surface area (Å²) in [6, 6.07) is 7.58. The van der Waals surface area contributed by atoms with Crippen molar-refractivity contribution < 1.29 is 9.53 Å². The summed E-state index contributed by atoms with van der Waals surface area (Å²) in [7, 11) is 0. The molecule has 0 unspecified atom stereocenters. The standard InChI is InChI=1S/C18H28O2/c1-2-3-4-5-6-7-8-9-14-20-16-18-12-10-17(15-19)11-13-18/h10-13,15H,2-9,14,16H2,1H3. The lowest BCUT2D eigenvalue weighted by Gasteiger charge is -2.05. The first kappa shape index (κ1) is 16.9. The number of benzene rings is 1. The Hall–Kier alpha value is -1.15. The van der Waals surface area contributed by atoms with E-state index in [1.807, 2.05) is 24.3 Å². The van der Waals surface area contributed by atoms with E-state index in [2.05, 4.69) is 6.92 Å². The van der Waals surface area contributed by atoms with Crippen molar-refractivity contribution in [2.75, 3.05) is 6.61 Å². The zero-order valence-corrected chi connectivity index (χ0v) is 12.8. The van der Waals surface area contributed by atoms with Crippen molar-refractivity contribution in [1.29, 1.82) is 0 Å². The van der Waals surface area contributed by atoms with E-state index in [1.54, 1.807) is 0 Å². The van der Waals surface area contributed by atoms with E-state index in [0.717, 1.165) is 30.4 Å². The predicted octanol–water partition coefficient (Wildman–Crippen LogP) is 5.16. The van der Waals surface area contributed by atoms with Crippen LogP contribution in [0.4, 0.5) is 0 Å². The smallest absolute Gasteiger partial charge is 0.150 e. The molecule has 0 aromatic heterocycles. The quantitative estimate of drug-likeness (QED) is 0.389. The molecule has 0 fully saturated rings. The Morgan fingerprint density at radius 3 is 2.10 bits per heavy atom. The molecule has 0 radical (unpaired) electrons. The van der Waals surface area contributed by atoms with Crippen LogP contribution in [0.15, 0.2) is 24.3 Å². The topological polar surface area (TPSA) is 26.3 Å². The normalized spacial score (nSPS) is 10.7. The molecule has 0 saturated carbocycles. The highest BCUT2D eigenvalue weighted by molar-refractivity contribution is 5.74. The highest BCUT2D eigenvalue weighted by Crippen LogP contribution is 2.09. The Kier molecular flexibility index (Phi) is 9.85. The zero-order valence-electron chi connectivity index (χ0n) is 12.8. The molecule has 112 valence electrons. The first-order chi connectivity index (χ1) is 9.86. The Balaban J connectivity index is 1.92. The summed E-state index contributed by atoms with van der Waals surface area (Å²) < 4.78 is 5.65. The van der Waals surface area contributed by atoms with Crippen molar-refractivity contribution >= 4 is 6.29 Å². The summed E-state index contributed by atoms with van der Waals surface area (Å²) in [5.74, 6) is 0. The molecular formula is C18H28O2. The summed E-state index contributed by atoms with van der Waals surface area (Å²) in [6.07, 6.45) is 11.5. The molecule has 2 nitrogen and oxygen atoms in total. The van der Waals surface area contributed by atoms with Crippen LogP contribution < -0.4 is 0 Å². The lowest BCUT2D eigenvalue weighted by Crippen LogP contribution is -1.96. The molecule has 1 rings (SSSR count). The molecule has 0 aliphatic carbocycles. The van der Waals surface area contributed by atoms with E-state index in [0.29, 0.717) is 6.61 Å². The maximum atomic E-state index is 10.5. The maximum absolute atomic E-state index is 10.5. The molecule has 0 heterocycles. The van der Waals surface area contributed by atoms with E-state index in [4.69, 9.17) is 4.74 Å². The Bertz CT molecular complexity index is 343. The largest absolute Gasteiger partial charge is 0.377 e. The maximum Gasteiger partial charge on any atom is 0.150 e. The van der Waals surface area contributed by atoms with Gasteiger partial charge in [0.1, 0.15) is 6.29 Å². The lowest BCUT2D eigenvalue weighted by atomic mass is 10.1. The number of ether oxygens (including phenoxy) is 1. The number of carbonyl (C=O) groups is 1. The van der Waals surface area contributed by atoms with Gasteiger partial charge < -0.3 is 4.74 Å². The fraction of sp³-hybridized carbons (Fsp3) is 0.611. The van der Waals surface area contributed by atoms with Crippen LogP contribution in [-0.2, 0) is 11.3 Å². The van der Waals surface area contributed by atoms with Crippen LogP contribution in [0.2, 0.25) is 0 Å². The molecule has 20 heavy (non-hydrogen) atoms. The molecule has 0 aliphatic heterocycles. The summed E-state index contributed by atoms with van der Waals surface area (Å²) >= 11 is 0. The van der Waals surface area contributed by atoms with Gasteiger partial charge in [-0.25, -0.2) is 0 Å². The van der Waals surface area contributed by atoms with Crippen LogP contribution in [0, 0.1) is 0 Å². The van der Waals surface area contributed by atoms with Crippen molar-refractivity contribution in [1.82, 2.24) is 0 Å². The van der Waals surface area contributed by atoms with Gasteiger partial charge in [0.25, 0.3) is 0 Å². The second-order valence-electron chi connectivity index (χ2n) is 5.39. The van der Waals surface area contributed by atoms with Crippen LogP contribution >= 0.6 is 0 Å². The predicted molar refractivity (Wildman–Crippen MR) is 84.1 cm³/mol. The van der Waals surface area contributed by atoms with E-state index in [1.165, 1.54) is 44.9 Å². The van der Waals surface area contributed by atoms with Gasteiger partial charge in [0, 0.05) is 12.2 Å². The number of carbonyl (C=O) groups excluding carboxylic acids is 1. The molecule has 1 aromatic carbocycles. The van der Waals surface area contributed by atoms with Crippen molar-refractivity contribution in [2.45, 2.75) is 64.9 Å². The van der Waals surface area contributed by atoms with Gasteiger partial charge >= 0.3 is 0 Å². The Morgan fingerprint density at radius 2 is 1.50 bits per heavy atom. The van der Waals surface area contributed by atoms with Crippen LogP contribution in [0.3, 0.4) is 0 Å². The van der Waals surface area contributed by atoms with Gasteiger partial charge in [0.05, 0.1) is 6.61 Å². The average molecular weight is 276 g/mol. The van der Waals surface area contributed by atoms with Gasteiger partial charge in [-0.05, 0) is 12.0 Å². The van der Waals surface area contributed by atoms with Gasteiger partial charge in [0.2, 0.25) is 0 Å². The minimum Gasteiger partial charge on any atom is -0.377 e. The van der Waals surface area contributed by atoms with Crippen LogP contribution in [0.5, 0.6) is 0 Å². The molecule has 0 saturated heterocycles. The van der Waals surface area contributed by atoms with Crippen LogP contribution in [0.25, 0.3) is 0 Å². The molecule has 0 amide bonds. The minimum atomic E-state index is 0.648. The van der Waals surface area contributed by atoms with E-state index in [-0.39, 0.29) is 0 Å². The fourth-order valence-corrected chi connectivity index (χ4v) is 2.22. The first-order valence-corrected chi connectivity index (χ1v) is 7.98. The third-order valence-corrected chi connectivity index (χ3v) is 3.53. The van der Waals surface area contributed by atoms with Gasteiger partial charge in [-0.15, -0.1) is 0 Å². The van der Waals surface area contributed by atoms with Crippen molar-refractivity contribution in [3.05, 3.63) is 35.4 Å². The third kappa shape index (κ3) is 8.11. The highest BCUT2D eigenvalue weighted by atomic mass is 16.5. The summed E-state index contributed by atoms with van der Waals surface area (Å²) in [6.45, 7) is 3.74. The number of unbranched alkanes of at least 4 members (excludes halogenated alkanes) is 7. The SMILES string of the molecule is CCCCCCCCCCOCc1ccc(C=O)cc1. The number of aldehydes is 1. The summed E-state index contributed by atoms with van der Waals surface area (Å²) in [5, 5.41) is 0. The van der Waals surface area contributed by atoms with Gasteiger partial charge in [-0.3, -0.25) is 4.79 Å². The summed E-state index contributed by atoms with van der Waals surface area (Å²) in [5.41, 5.74) is 1.85. The van der Waals surface area contributed by atoms with Crippen LogP contribution in [0.1, 0.15) is 74.2 Å². The Morgan fingerprint density at radius 1 is 0.900 bits per heavy atom.